The molecule has 2 unspecified atom stereocenters. The van der Waals surface area contributed by atoms with E-state index < -0.39 is 0 Å². The Morgan fingerprint density at radius 2 is 2.05 bits per heavy atom. The van der Waals surface area contributed by atoms with Crippen molar-refractivity contribution in [3.63, 3.8) is 0 Å². The summed E-state index contributed by atoms with van der Waals surface area (Å²) < 4.78 is 10.4. The molecular weight excluding hydrogens is 322 g/mol. The van der Waals surface area contributed by atoms with Gasteiger partial charge in [0, 0.05) is 16.9 Å². The molecule has 20 heavy (non-hydrogen) atoms. The number of methoxy groups -OCH3 is 2. The zero-order valence-electron chi connectivity index (χ0n) is 11.8. The third kappa shape index (κ3) is 3.45. The summed E-state index contributed by atoms with van der Waals surface area (Å²) in [6, 6.07) is 5.20. The van der Waals surface area contributed by atoms with E-state index in [0.717, 1.165) is 0 Å². The number of alkyl halides is 1. The molecule has 110 valence electrons. The number of carbonyl (C=O) groups is 1. The first kappa shape index (κ1) is 15.2. The van der Waals surface area contributed by atoms with Crippen molar-refractivity contribution < 1.29 is 14.3 Å². The van der Waals surface area contributed by atoms with E-state index in [1.807, 2.05) is 0 Å². The van der Waals surface area contributed by atoms with E-state index in [1.165, 1.54) is 19.3 Å². The van der Waals surface area contributed by atoms with Gasteiger partial charge in [0.15, 0.2) is 11.5 Å². The van der Waals surface area contributed by atoms with Crippen LogP contribution in [0.25, 0.3) is 0 Å². The number of hydrogen-bond acceptors (Lipinski definition) is 3. The lowest BCUT2D eigenvalue weighted by Crippen LogP contribution is -2.30. The van der Waals surface area contributed by atoms with Gasteiger partial charge in [0.2, 0.25) is 0 Å². The first-order valence-corrected chi connectivity index (χ1v) is 7.71. The third-order valence-electron chi connectivity index (χ3n) is 3.74. The number of nitrogens with one attached hydrogen (secondary N) is 1. The number of amides is 1. The number of halogens is 1. The molecule has 0 saturated heterocycles. The number of benzene rings is 1. The molecule has 0 bridgehead atoms. The SMILES string of the molecule is COc1ccc(C(=O)NCC2CCCC2Br)cc1OC. The maximum Gasteiger partial charge on any atom is 0.251 e. The Hall–Kier alpha value is -1.23. The zero-order valence-corrected chi connectivity index (χ0v) is 13.4. The Kier molecular flexibility index (Phi) is 5.29. The van der Waals surface area contributed by atoms with Crippen molar-refractivity contribution in [3.05, 3.63) is 23.8 Å². The van der Waals surface area contributed by atoms with Crippen LogP contribution in [0, 0.1) is 5.92 Å². The predicted molar refractivity (Wildman–Crippen MR) is 81.9 cm³/mol. The molecule has 0 heterocycles. The van der Waals surface area contributed by atoms with E-state index >= 15 is 0 Å². The van der Waals surface area contributed by atoms with Crippen LogP contribution in [-0.4, -0.2) is 31.5 Å². The zero-order chi connectivity index (χ0) is 14.5. The van der Waals surface area contributed by atoms with Crippen molar-refractivity contribution in [1.82, 2.24) is 5.32 Å². The van der Waals surface area contributed by atoms with Crippen LogP contribution >= 0.6 is 15.9 Å². The second kappa shape index (κ2) is 6.97. The summed E-state index contributed by atoms with van der Waals surface area (Å²) >= 11 is 3.66. The maximum atomic E-state index is 12.2. The Morgan fingerprint density at radius 1 is 1.30 bits per heavy atom. The molecular formula is C15H20BrNO3. The highest BCUT2D eigenvalue weighted by Crippen LogP contribution is 2.31. The molecule has 1 fully saturated rings. The van der Waals surface area contributed by atoms with Gasteiger partial charge in [-0.25, -0.2) is 0 Å². The lowest BCUT2D eigenvalue weighted by atomic mass is 10.1. The van der Waals surface area contributed by atoms with E-state index in [1.54, 1.807) is 32.4 Å². The van der Waals surface area contributed by atoms with E-state index in [2.05, 4.69) is 21.2 Å². The normalized spacial score (nSPS) is 21.6. The Balaban J connectivity index is 1.98. The van der Waals surface area contributed by atoms with Crippen LogP contribution in [0.4, 0.5) is 0 Å². The van der Waals surface area contributed by atoms with E-state index in [9.17, 15) is 4.79 Å². The van der Waals surface area contributed by atoms with Crippen molar-refractivity contribution in [2.24, 2.45) is 5.92 Å². The lowest BCUT2D eigenvalue weighted by Gasteiger charge is -2.15. The summed E-state index contributed by atoms with van der Waals surface area (Å²) in [7, 11) is 3.14. The number of hydrogen-bond donors (Lipinski definition) is 1. The van der Waals surface area contributed by atoms with Crippen LogP contribution in [0.2, 0.25) is 0 Å². The molecule has 0 aromatic heterocycles. The van der Waals surface area contributed by atoms with Gasteiger partial charge in [-0.15, -0.1) is 0 Å². The summed E-state index contributed by atoms with van der Waals surface area (Å²) in [5.74, 6) is 1.65. The van der Waals surface area contributed by atoms with Crippen LogP contribution < -0.4 is 14.8 Å². The minimum Gasteiger partial charge on any atom is -0.493 e. The predicted octanol–water partition coefficient (Wildman–Crippen LogP) is 3.00. The molecule has 1 saturated carbocycles. The van der Waals surface area contributed by atoms with Gasteiger partial charge in [-0.3, -0.25) is 4.79 Å². The van der Waals surface area contributed by atoms with Crippen molar-refractivity contribution in [2.75, 3.05) is 20.8 Å². The average Bonchev–Trinajstić information content (AvgIpc) is 2.89. The van der Waals surface area contributed by atoms with Gasteiger partial charge in [-0.2, -0.15) is 0 Å². The molecule has 0 spiro atoms. The number of rotatable bonds is 5. The molecule has 1 aliphatic rings. The van der Waals surface area contributed by atoms with E-state index in [0.29, 0.717) is 34.4 Å². The summed E-state index contributed by atoms with van der Waals surface area (Å²) in [6.07, 6.45) is 3.59. The molecule has 0 radical (unpaired) electrons. The molecule has 1 aromatic carbocycles. The molecule has 1 N–H and O–H groups in total. The number of ether oxygens (including phenoxy) is 2. The molecule has 2 rings (SSSR count). The van der Waals surface area contributed by atoms with Gasteiger partial charge in [0.1, 0.15) is 0 Å². The highest BCUT2D eigenvalue weighted by molar-refractivity contribution is 9.09. The largest absolute Gasteiger partial charge is 0.493 e. The van der Waals surface area contributed by atoms with Gasteiger partial charge < -0.3 is 14.8 Å². The Labute approximate surface area is 128 Å². The van der Waals surface area contributed by atoms with Crippen molar-refractivity contribution in [2.45, 2.75) is 24.1 Å². The minimum atomic E-state index is -0.0717. The van der Waals surface area contributed by atoms with E-state index in [-0.39, 0.29) is 5.91 Å². The van der Waals surface area contributed by atoms with Crippen molar-refractivity contribution >= 4 is 21.8 Å². The summed E-state index contributed by atoms with van der Waals surface area (Å²) in [5.41, 5.74) is 0.590. The Morgan fingerprint density at radius 3 is 2.65 bits per heavy atom. The van der Waals surface area contributed by atoms with Crippen LogP contribution in [0.5, 0.6) is 11.5 Å². The van der Waals surface area contributed by atoms with Gasteiger partial charge in [0.05, 0.1) is 14.2 Å². The average molecular weight is 342 g/mol. The molecule has 1 amide bonds. The third-order valence-corrected chi connectivity index (χ3v) is 4.94. The summed E-state index contributed by atoms with van der Waals surface area (Å²) in [6.45, 7) is 0.711. The highest BCUT2D eigenvalue weighted by Gasteiger charge is 2.25. The van der Waals surface area contributed by atoms with Crippen LogP contribution in [0.15, 0.2) is 18.2 Å². The molecule has 2 atom stereocenters. The molecule has 5 heteroatoms. The van der Waals surface area contributed by atoms with Crippen LogP contribution in [0.1, 0.15) is 29.6 Å². The molecule has 1 aromatic rings. The second-order valence-corrected chi connectivity index (χ2v) is 6.16. The molecule has 1 aliphatic carbocycles. The van der Waals surface area contributed by atoms with Gasteiger partial charge in [0.25, 0.3) is 5.91 Å². The quantitative estimate of drug-likeness (QED) is 0.837. The summed E-state index contributed by atoms with van der Waals surface area (Å²) in [4.78, 5) is 12.7. The number of carbonyl (C=O) groups excluding carboxylic acids is 1. The first-order chi connectivity index (χ1) is 9.65. The van der Waals surface area contributed by atoms with Gasteiger partial charge in [-0.05, 0) is 37.0 Å². The lowest BCUT2D eigenvalue weighted by molar-refractivity contribution is 0.0947. The fourth-order valence-corrected chi connectivity index (χ4v) is 3.30. The standard InChI is InChI=1S/C15H20BrNO3/c1-19-13-7-6-10(8-14(13)20-2)15(18)17-9-11-4-3-5-12(11)16/h6-8,11-12H,3-5,9H2,1-2H3,(H,17,18). The van der Waals surface area contributed by atoms with Crippen LogP contribution in [0.3, 0.4) is 0 Å². The minimum absolute atomic E-state index is 0.0717. The van der Waals surface area contributed by atoms with E-state index in [4.69, 9.17) is 9.47 Å². The smallest absolute Gasteiger partial charge is 0.251 e. The topological polar surface area (TPSA) is 47.6 Å². The molecule has 4 nitrogen and oxygen atoms in total. The maximum absolute atomic E-state index is 12.2. The monoisotopic (exact) mass is 341 g/mol. The van der Waals surface area contributed by atoms with Gasteiger partial charge >= 0.3 is 0 Å². The van der Waals surface area contributed by atoms with Crippen molar-refractivity contribution in [3.8, 4) is 11.5 Å². The van der Waals surface area contributed by atoms with Crippen molar-refractivity contribution in [1.29, 1.82) is 0 Å². The Bertz CT molecular complexity index is 478. The fourth-order valence-electron chi connectivity index (χ4n) is 2.52. The highest BCUT2D eigenvalue weighted by atomic mass is 79.9. The van der Waals surface area contributed by atoms with Gasteiger partial charge in [-0.1, -0.05) is 22.4 Å². The second-order valence-electron chi connectivity index (χ2n) is 4.99. The van der Waals surface area contributed by atoms with Crippen LogP contribution in [-0.2, 0) is 0 Å². The fraction of sp³-hybridized carbons (Fsp3) is 0.533. The molecule has 0 aliphatic heterocycles. The first-order valence-electron chi connectivity index (χ1n) is 6.80. The summed E-state index contributed by atoms with van der Waals surface area (Å²) in [5, 5.41) is 2.99.